The van der Waals surface area contributed by atoms with Gasteiger partial charge in [-0.1, -0.05) is 13.8 Å². The summed E-state index contributed by atoms with van der Waals surface area (Å²) >= 11 is 2.08. The quantitative estimate of drug-likeness (QED) is 0.528. The van der Waals surface area contributed by atoms with Crippen LogP contribution in [0.25, 0.3) is 0 Å². The molecule has 0 unspecified atom stereocenters. The second-order valence-corrected chi connectivity index (χ2v) is 4.30. The van der Waals surface area contributed by atoms with Crippen LogP contribution in [-0.4, -0.2) is 23.6 Å². The van der Waals surface area contributed by atoms with Crippen LogP contribution in [0.2, 0.25) is 0 Å². The Hall–Kier alpha value is 0.310. The van der Waals surface area contributed by atoms with Crippen molar-refractivity contribution in [3.8, 4) is 0 Å². The maximum atomic E-state index is 3.36. The summed E-state index contributed by atoms with van der Waals surface area (Å²) in [6.07, 6.45) is 0. The first kappa shape index (κ1) is 6.43. The van der Waals surface area contributed by atoms with Crippen molar-refractivity contribution in [2.75, 3.05) is 13.1 Å². The molecule has 1 aliphatic rings. The largest absolute Gasteiger partial charge is 0.315 e. The molecular weight excluding hydrogens is 118 g/mol. The van der Waals surface area contributed by atoms with Gasteiger partial charge in [0.15, 0.2) is 0 Å². The lowest BCUT2D eigenvalue weighted by atomic mass is 10.4. The minimum Gasteiger partial charge on any atom is -0.315 e. The van der Waals surface area contributed by atoms with Crippen molar-refractivity contribution in [3.63, 3.8) is 0 Å². The van der Waals surface area contributed by atoms with Crippen LogP contribution < -0.4 is 5.32 Å². The monoisotopic (exact) mass is 131 g/mol. The van der Waals surface area contributed by atoms with Crippen molar-refractivity contribution in [1.29, 1.82) is 0 Å². The fourth-order valence-corrected chi connectivity index (χ4v) is 2.20. The summed E-state index contributed by atoms with van der Waals surface area (Å²) < 4.78 is 0. The van der Waals surface area contributed by atoms with Crippen LogP contribution in [-0.2, 0) is 0 Å². The molecule has 0 aromatic carbocycles. The van der Waals surface area contributed by atoms with Gasteiger partial charge in [-0.15, -0.1) is 0 Å². The lowest BCUT2D eigenvalue weighted by Crippen LogP contribution is -2.35. The van der Waals surface area contributed by atoms with E-state index in [4.69, 9.17) is 0 Å². The van der Waals surface area contributed by atoms with E-state index in [0.29, 0.717) is 0 Å². The minimum atomic E-state index is 0.818. The molecule has 1 nitrogen and oxygen atoms in total. The molecule has 0 radical (unpaired) electrons. The molecule has 8 heavy (non-hydrogen) atoms. The topological polar surface area (TPSA) is 12.0 Å². The van der Waals surface area contributed by atoms with E-state index < -0.39 is 0 Å². The molecule has 0 saturated carbocycles. The molecular formula is C6H13NS. The Morgan fingerprint density at radius 3 is 2.00 bits per heavy atom. The van der Waals surface area contributed by atoms with Gasteiger partial charge >= 0.3 is 0 Å². The van der Waals surface area contributed by atoms with E-state index >= 15 is 0 Å². The first-order valence-corrected chi connectivity index (χ1v) is 4.09. The van der Waals surface area contributed by atoms with Gasteiger partial charge in [0.05, 0.1) is 0 Å². The highest BCUT2D eigenvalue weighted by Crippen LogP contribution is 2.18. The second-order valence-electron chi connectivity index (χ2n) is 2.42. The third-order valence-corrected chi connectivity index (χ3v) is 2.59. The number of thioether (sulfide) groups is 1. The van der Waals surface area contributed by atoms with Crippen molar-refractivity contribution in [1.82, 2.24) is 5.32 Å². The smallest absolute Gasteiger partial charge is 0.0147 e. The Morgan fingerprint density at radius 2 is 1.75 bits per heavy atom. The molecule has 1 N–H and O–H groups in total. The highest BCUT2D eigenvalue weighted by Gasteiger charge is 2.13. The second kappa shape index (κ2) is 2.74. The van der Waals surface area contributed by atoms with Crippen LogP contribution in [0, 0.1) is 0 Å². The summed E-state index contributed by atoms with van der Waals surface area (Å²) in [5.41, 5.74) is 0. The van der Waals surface area contributed by atoms with Crippen molar-refractivity contribution >= 4 is 11.8 Å². The van der Waals surface area contributed by atoms with Gasteiger partial charge < -0.3 is 5.32 Å². The molecule has 1 aliphatic heterocycles. The average Bonchev–Trinajstić information content (AvgIpc) is 1.64. The molecule has 0 spiro atoms. The Balaban J connectivity index is 2.23. The van der Waals surface area contributed by atoms with Crippen LogP contribution in [0.15, 0.2) is 0 Å². The molecule has 1 fully saturated rings. The van der Waals surface area contributed by atoms with Gasteiger partial charge in [-0.25, -0.2) is 0 Å². The Bertz CT molecular complexity index is 66.9. The fraction of sp³-hybridized carbons (Fsp3) is 1.00. The Labute approximate surface area is 55.2 Å². The van der Waals surface area contributed by atoms with Gasteiger partial charge in [0.2, 0.25) is 0 Å². The normalized spacial score (nSPS) is 39.8. The van der Waals surface area contributed by atoms with Crippen LogP contribution in [0.4, 0.5) is 0 Å². The predicted octanol–water partition coefficient (Wildman–Crippen LogP) is 1.10. The molecule has 0 aliphatic carbocycles. The first-order chi connectivity index (χ1) is 3.79. The van der Waals surface area contributed by atoms with Gasteiger partial charge in [0, 0.05) is 23.6 Å². The molecule has 0 amide bonds. The van der Waals surface area contributed by atoms with Crippen LogP contribution in [0.5, 0.6) is 0 Å². The van der Waals surface area contributed by atoms with E-state index in [1.165, 1.54) is 13.1 Å². The number of rotatable bonds is 0. The molecule has 1 saturated heterocycles. The van der Waals surface area contributed by atoms with Crippen molar-refractivity contribution in [2.24, 2.45) is 0 Å². The van der Waals surface area contributed by atoms with Gasteiger partial charge in [0.25, 0.3) is 0 Å². The summed E-state index contributed by atoms with van der Waals surface area (Å²) in [6.45, 7) is 6.92. The lowest BCUT2D eigenvalue weighted by molar-refractivity contribution is 0.648. The molecule has 0 aromatic rings. The highest BCUT2D eigenvalue weighted by atomic mass is 32.2. The average molecular weight is 131 g/mol. The molecule has 1 heterocycles. The van der Waals surface area contributed by atoms with E-state index in [1.807, 2.05) is 0 Å². The van der Waals surface area contributed by atoms with E-state index in [1.54, 1.807) is 0 Å². The summed E-state index contributed by atoms with van der Waals surface area (Å²) in [5, 5.41) is 5.00. The van der Waals surface area contributed by atoms with Crippen LogP contribution in [0.1, 0.15) is 13.8 Å². The van der Waals surface area contributed by atoms with E-state index in [0.717, 1.165) is 10.5 Å². The highest BCUT2D eigenvalue weighted by molar-refractivity contribution is 8.00. The van der Waals surface area contributed by atoms with Crippen LogP contribution in [0.3, 0.4) is 0 Å². The minimum absolute atomic E-state index is 0.818. The Morgan fingerprint density at radius 1 is 1.25 bits per heavy atom. The predicted molar refractivity (Wildman–Crippen MR) is 39.4 cm³/mol. The summed E-state index contributed by atoms with van der Waals surface area (Å²) in [5.74, 6) is 0. The van der Waals surface area contributed by atoms with Crippen molar-refractivity contribution < 1.29 is 0 Å². The SMILES string of the molecule is C[C@H]1CNC[C@H](C)S1. The van der Waals surface area contributed by atoms with Gasteiger partial charge in [-0.2, -0.15) is 11.8 Å². The maximum Gasteiger partial charge on any atom is 0.0147 e. The van der Waals surface area contributed by atoms with Gasteiger partial charge in [0.1, 0.15) is 0 Å². The fourth-order valence-electron chi connectivity index (χ4n) is 0.983. The third-order valence-electron chi connectivity index (χ3n) is 1.33. The zero-order chi connectivity index (χ0) is 5.98. The first-order valence-electron chi connectivity index (χ1n) is 3.15. The summed E-state index contributed by atoms with van der Waals surface area (Å²) in [4.78, 5) is 0. The van der Waals surface area contributed by atoms with E-state index in [-0.39, 0.29) is 0 Å². The van der Waals surface area contributed by atoms with Crippen molar-refractivity contribution in [3.05, 3.63) is 0 Å². The standard InChI is InChI=1S/C6H13NS/c1-5-3-7-4-6(2)8-5/h5-7H,3-4H2,1-2H3/t5-,6-/m0/s1. The van der Waals surface area contributed by atoms with Crippen molar-refractivity contribution in [2.45, 2.75) is 24.3 Å². The van der Waals surface area contributed by atoms with Gasteiger partial charge in [-0.05, 0) is 0 Å². The Kier molecular flexibility index (Phi) is 2.20. The zero-order valence-electron chi connectivity index (χ0n) is 5.48. The number of nitrogens with one attached hydrogen (secondary N) is 1. The van der Waals surface area contributed by atoms with Crippen LogP contribution >= 0.6 is 11.8 Å². The third kappa shape index (κ3) is 1.67. The molecule has 0 aromatic heterocycles. The summed E-state index contributed by atoms with van der Waals surface area (Å²) in [7, 11) is 0. The number of hydrogen-bond acceptors (Lipinski definition) is 2. The lowest BCUT2D eigenvalue weighted by Gasteiger charge is -2.23. The molecule has 2 atom stereocenters. The molecule has 48 valence electrons. The van der Waals surface area contributed by atoms with E-state index in [9.17, 15) is 0 Å². The molecule has 1 rings (SSSR count). The molecule has 0 bridgehead atoms. The molecule has 2 heteroatoms. The zero-order valence-corrected chi connectivity index (χ0v) is 6.29. The van der Waals surface area contributed by atoms with Gasteiger partial charge in [-0.3, -0.25) is 0 Å². The maximum absolute atomic E-state index is 3.36. The van der Waals surface area contributed by atoms with E-state index in [2.05, 4.69) is 30.9 Å². The summed E-state index contributed by atoms with van der Waals surface area (Å²) in [6, 6.07) is 0. The number of hydrogen-bond donors (Lipinski definition) is 1.